The molecule has 2 aliphatic rings. The fourth-order valence-electron chi connectivity index (χ4n) is 12.1. The number of esters is 2. The van der Waals surface area contributed by atoms with Gasteiger partial charge in [-0.2, -0.15) is 34.9 Å². The number of aromatic amines is 8. The number of H-pyrrole nitrogens is 8. The number of rotatable bonds is 20. The van der Waals surface area contributed by atoms with E-state index in [-0.39, 0.29) is 109 Å². The second kappa shape index (κ2) is 38.1. The predicted molar refractivity (Wildman–Crippen MR) is 440 cm³/mol. The number of azo groups is 4. The number of carbonyl (C=O) groups is 2. The number of aryl methyl sites for hydroxylation is 4. The number of aliphatic imine (C=N–C) groups is 2. The lowest BCUT2D eigenvalue weighted by Crippen LogP contribution is -2.38. The lowest BCUT2D eigenvalue weighted by molar-refractivity contribution is -0.165. The zero-order valence-electron chi connectivity index (χ0n) is 65.5. The molecule has 4 aromatic carbocycles. The van der Waals surface area contributed by atoms with Crippen LogP contribution in [0.4, 0.5) is 76.3 Å². The summed E-state index contributed by atoms with van der Waals surface area (Å²) in [5, 5.41) is 62.8. The summed E-state index contributed by atoms with van der Waals surface area (Å²) in [7, 11) is 0. The summed E-state index contributed by atoms with van der Waals surface area (Å²) in [6.07, 6.45) is -3.22. The van der Waals surface area contributed by atoms with Gasteiger partial charge in [0.15, 0.2) is 80.5 Å². The van der Waals surface area contributed by atoms with Gasteiger partial charge >= 0.3 is 11.9 Å². The monoisotopic (exact) mass is 1650 g/mol. The van der Waals surface area contributed by atoms with Crippen molar-refractivity contribution >= 4 is 157 Å². The fourth-order valence-corrected chi connectivity index (χ4v) is 12.1. The summed E-state index contributed by atoms with van der Waals surface area (Å²) < 4.78 is 25.4. The zero-order chi connectivity index (χ0) is 86.3. The predicted octanol–water partition coefficient (Wildman–Crippen LogP) is 8.28. The van der Waals surface area contributed by atoms with Gasteiger partial charge in [-0.1, -0.05) is 83.1 Å². The first-order valence-electron chi connectivity index (χ1n) is 37.1. The maximum Gasteiger partial charge on any atom is 0.303 e. The number of benzene rings is 4. The molecular formula is C74H79N33O14. The van der Waals surface area contributed by atoms with Crippen LogP contribution in [0.2, 0.25) is 0 Å². The minimum absolute atomic E-state index is 0.00127. The third-order valence-corrected chi connectivity index (χ3v) is 18.1. The molecule has 10 aromatic heterocycles. The summed E-state index contributed by atoms with van der Waals surface area (Å²) in [5.41, 5.74) is 22.8. The maximum absolute atomic E-state index is 12.7. The average molecular weight is 1650 g/mol. The van der Waals surface area contributed by atoms with Crippen LogP contribution in [0.5, 0.6) is 0 Å². The summed E-state index contributed by atoms with van der Waals surface area (Å²) in [6, 6.07) is 30.3. The number of aromatic nitrogens is 20. The molecule has 0 amide bonds. The molecule has 47 nitrogen and oxygen atoms in total. The van der Waals surface area contributed by atoms with Crippen molar-refractivity contribution < 1.29 is 43.9 Å². The van der Waals surface area contributed by atoms with Gasteiger partial charge in [-0.25, -0.2) is 24.9 Å². The number of carbonyl (C=O) groups excluding carboxylic acids is 2. The number of imidazole rings is 5. The lowest BCUT2D eigenvalue weighted by atomic mass is 10.1. The topological polar surface area (TPSA) is 684 Å². The van der Waals surface area contributed by atoms with E-state index in [1.807, 2.05) is 93.6 Å². The van der Waals surface area contributed by atoms with E-state index >= 15 is 0 Å². The quantitative estimate of drug-likeness (QED) is 0.0194. The number of nitrogen functional groups attached to an aromatic ring is 3. The Morgan fingerprint density at radius 3 is 1.27 bits per heavy atom. The maximum atomic E-state index is 12.7. The summed E-state index contributed by atoms with van der Waals surface area (Å²) >= 11 is 0. The van der Waals surface area contributed by atoms with Crippen molar-refractivity contribution in [1.82, 2.24) is 98.8 Å². The summed E-state index contributed by atoms with van der Waals surface area (Å²) in [5.74, 6) is -0.907. The molecule has 2 fully saturated rings. The number of nitrogens with zero attached hydrogens (tertiary/aromatic N) is 22. The largest absolute Gasteiger partial charge is 0.456 e. The smallest absolute Gasteiger partial charge is 0.303 e. The van der Waals surface area contributed by atoms with E-state index in [1.54, 1.807) is 24.3 Å². The second-order valence-electron chi connectivity index (χ2n) is 26.2. The van der Waals surface area contributed by atoms with Crippen LogP contribution >= 0.6 is 0 Å². The van der Waals surface area contributed by atoms with Gasteiger partial charge in [-0.3, -0.25) is 67.6 Å². The number of nitrogens with one attached hydrogen (secondary N) is 8. The number of hydrogen-bond acceptors (Lipinski definition) is 37. The molecule has 0 radical (unpaired) electrons. The number of aliphatic hydroxyl groups excluding tert-OH is 3. The van der Waals surface area contributed by atoms with Crippen LogP contribution in [0.1, 0.15) is 89.6 Å². The molecule has 17 N–H and O–H groups in total. The molecule has 2 saturated heterocycles. The van der Waals surface area contributed by atoms with Gasteiger partial charge < -0.3 is 66.4 Å². The van der Waals surface area contributed by atoms with Crippen LogP contribution < -0.4 is 45.0 Å². The van der Waals surface area contributed by atoms with E-state index in [9.17, 15) is 48.9 Å². The van der Waals surface area contributed by atoms with E-state index < -0.39 is 84.3 Å². The third kappa shape index (κ3) is 20.0. The Hall–Kier alpha value is -15.5. The highest BCUT2D eigenvalue weighted by Crippen LogP contribution is 2.41. The summed E-state index contributed by atoms with van der Waals surface area (Å²) in [6.45, 7) is 18.8. The normalized spacial score (nSPS) is 17.6. The number of anilines is 3. The highest BCUT2D eigenvalue weighted by atomic mass is 16.6. The molecule has 0 bridgehead atoms. The third-order valence-electron chi connectivity index (χ3n) is 18.1. The standard InChI is InChI=1S/C24H27N7O6.C18H21N7O5.C14H13N7O.C13H13N7O.C5H5N5O/c1-6-14-8-10-15(11-9-14)29-30-24-26-17-20(27-23(25-5)28-21(17)34)31(24)22-19(36-13(4)33)18(35-12(3)32)16(7-2)37-22;1-2-8-3-5-9(6-4-8)23-24-18-20-11-14(21-17(19)22-15(11)29)25(18)16-13(28)12(27)10(7-26)30-16;1-3-8-4-6-9(7-5-8)20-21-14-16-10-11(18-14)17-13(15-2)19-12(10)22;1-2-7-3-5-8(6-4-7)19-20-13-15-9-10(17-13)16-12(14)18-11(9)21;6-5-9-3-2(4(11)10-5)7-1-8-3/h8-11,16,18-19,22H,5-7H2,1-4H3,(H,27,28,34);3-6,10,12-13,16,26-28H,2,7H2,1H3,(H3,19,21,22,29);4-7H,2-3H2,1H3,(H2,16,17,18,19,22);3-6H,2H2,1H3,(H4,14,15,16,17,18,21);1H,(H4,6,7,8,9,10,11)/t16-,18+,19?,22-;10-,12+,13?,16-;;;/m11.../s1. The summed E-state index contributed by atoms with van der Waals surface area (Å²) in [4.78, 5) is 151. The van der Waals surface area contributed by atoms with E-state index in [0.29, 0.717) is 40.3 Å². The van der Waals surface area contributed by atoms with Gasteiger partial charge in [-0.05, 0) is 116 Å². The zero-order valence-corrected chi connectivity index (χ0v) is 65.5. The molecular weight excluding hydrogens is 1580 g/mol. The van der Waals surface area contributed by atoms with Crippen molar-refractivity contribution in [2.24, 2.45) is 50.9 Å². The van der Waals surface area contributed by atoms with Crippen LogP contribution in [-0.4, -0.2) is 183 Å². The lowest BCUT2D eigenvalue weighted by Gasteiger charge is -2.24. The first-order chi connectivity index (χ1) is 58.3. The highest BCUT2D eigenvalue weighted by molar-refractivity contribution is 5.77. The van der Waals surface area contributed by atoms with Gasteiger partial charge in [0.2, 0.25) is 41.6 Å². The van der Waals surface area contributed by atoms with E-state index in [0.717, 1.165) is 36.8 Å². The first kappa shape index (κ1) is 84.9. The molecule has 0 spiro atoms. The van der Waals surface area contributed by atoms with Crippen molar-refractivity contribution in [3.8, 4) is 0 Å². The molecule has 47 heteroatoms. The van der Waals surface area contributed by atoms with Crippen LogP contribution in [0, 0.1) is 0 Å². The molecule has 2 unspecified atom stereocenters. The van der Waals surface area contributed by atoms with Crippen molar-refractivity contribution in [3.63, 3.8) is 0 Å². The highest BCUT2D eigenvalue weighted by Gasteiger charge is 2.51. The van der Waals surface area contributed by atoms with Crippen molar-refractivity contribution in [2.75, 3.05) is 23.8 Å². The van der Waals surface area contributed by atoms with Crippen LogP contribution in [0.15, 0.2) is 178 Å². The van der Waals surface area contributed by atoms with Crippen molar-refractivity contribution in [1.29, 1.82) is 0 Å². The Morgan fingerprint density at radius 2 is 0.818 bits per heavy atom. The first-order valence-corrected chi connectivity index (χ1v) is 37.1. The van der Waals surface area contributed by atoms with Gasteiger partial charge in [0, 0.05) is 13.8 Å². The van der Waals surface area contributed by atoms with Gasteiger partial charge in [0.25, 0.3) is 39.7 Å². The fraction of sp³-hybridized carbons (Fsp3) is 0.284. The molecule has 2 aliphatic heterocycles. The Balaban J connectivity index is 0.000000144. The number of aliphatic hydroxyl groups is 3. The minimum Gasteiger partial charge on any atom is -0.456 e. The van der Waals surface area contributed by atoms with Crippen molar-refractivity contribution in [2.45, 2.75) is 130 Å². The number of hydrogen-bond donors (Lipinski definition) is 14. The van der Waals surface area contributed by atoms with Crippen LogP contribution in [0.25, 0.3) is 55.8 Å². The van der Waals surface area contributed by atoms with E-state index in [4.69, 9.17) is 36.1 Å². The molecule has 624 valence electrons. The number of fused-ring (bicyclic) bond motifs is 5. The average Bonchev–Trinajstić information content (AvgIpc) is 1.60. The Morgan fingerprint density at radius 1 is 0.438 bits per heavy atom. The van der Waals surface area contributed by atoms with Gasteiger partial charge in [0.05, 0.1) is 35.7 Å². The Kier molecular flexibility index (Phi) is 26.7. The van der Waals surface area contributed by atoms with Crippen LogP contribution in [-0.2, 0) is 54.2 Å². The molecule has 121 heavy (non-hydrogen) atoms. The Labute approximate surface area is 679 Å². The molecule has 16 rings (SSSR count). The number of nitrogens with two attached hydrogens (primary N) is 3. The molecule has 14 aromatic rings. The molecule has 8 atom stereocenters. The van der Waals surface area contributed by atoms with E-state index in [1.165, 1.54) is 40.4 Å². The van der Waals surface area contributed by atoms with Crippen molar-refractivity contribution in [3.05, 3.63) is 177 Å². The molecule has 0 aliphatic carbocycles. The second-order valence-corrected chi connectivity index (χ2v) is 26.2. The minimum atomic E-state index is -1.43. The number of ether oxygens (including phenoxy) is 4. The SMILES string of the molecule is C=Nc1nc2c(nc(N=Nc3ccc(CC)cc3)n2[C@@H]2O[C@H](CC)[C@H](OC(C)=O)C2OC(C)=O)c(=O)[nH]1.C=Nc1nc2nc(N=Nc3ccc(CC)cc3)[nH]c2c(=O)[nH]1.CCc1ccc(N=Nc2nc3c(=O)[nH]c(N)nc3n2[C@@H]2O[C@H](CO)[C@H](O)C2O)cc1.CCc1ccc(N=Nc2nc3nc(N)[nH]c(=O)c3[nH]2)cc1.Nc1nc2nc[nH]c2c(=O)[nH]1. The molecule has 0 saturated carbocycles. The Bertz CT molecular complexity index is 6540. The molecule has 12 heterocycles. The van der Waals surface area contributed by atoms with Crippen LogP contribution in [0.3, 0.4) is 0 Å². The van der Waals surface area contributed by atoms with Gasteiger partial charge in [-0.15, -0.1) is 40.9 Å². The van der Waals surface area contributed by atoms with Gasteiger partial charge in [0.1, 0.15) is 24.4 Å². The van der Waals surface area contributed by atoms with E-state index in [2.05, 4.69) is 168 Å².